The monoisotopic (exact) mass is 205 g/mol. The van der Waals surface area contributed by atoms with Gasteiger partial charge in [-0.1, -0.05) is 4.49 Å². The number of nitrogens with zero attached hydrogens (tertiary/aromatic N) is 3. The highest BCUT2D eigenvalue weighted by molar-refractivity contribution is 7.03. The summed E-state index contributed by atoms with van der Waals surface area (Å²) in [6.45, 7) is -1.02. The van der Waals surface area contributed by atoms with Gasteiger partial charge in [0.1, 0.15) is 0 Å². The van der Waals surface area contributed by atoms with Crippen LogP contribution in [-0.4, -0.2) is 39.4 Å². The summed E-state index contributed by atoms with van der Waals surface area (Å²) >= 11 is 1.02. The Kier molecular flexibility index (Phi) is 1.76. The van der Waals surface area contributed by atoms with E-state index < -0.39 is 24.9 Å². The number of rotatable bonds is 1. The van der Waals surface area contributed by atoms with E-state index in [0.717, 1.165) is 16.4 Å². The lowest BCUT2D eigenvalue weighted by molar-refractivity contribution is -0.113. The van der Waals surface area contributed by atoms with E-state index in [1.54, 1.807) is 0 Å². The first kappa shape index (κ1) is 8.49. The Hall–Kier alpha value is -1.11. The Morgan fingerprint density at radius 1 is 1.62 bits per heavy atom. The third kappa shape index (κ3) is 1.51. The van der Waals surface area contributed by atoms with E-state index in [2.05, 4.69) is 9.59 Å². The Labute approximate surface area is 76.3 Å². The second-order valence-electron chi connectivity index (χ2n) is 2.81. The van der Waals surface area contributed by atoms with Gasteiger partial charge in [-0.3, -0.25) is 4.79 Å². The van der Waals surface area contributed by atoms with E-state index in [0.29, 0.717) is 0 Å². The minimum absolute atomic E-state index is 0.139. The third-order valence-electron chi connectivity index (χ3n) is 1.71. The maximum atomic E-state index is 12.4. The standard InChI is InChI=1S/C6H5F2N3OS/c7-6(8)2-11(3-6)5(12)4-1-13-10-9-4/h1H,2-3H2. The first-order chi connectivity index (χ1) is 6.08. The second-order valence-corrected chi connectivity index (χ2v) is 3.42. The van der Waals surface area contributed by atoms with Crippen LogP contribution < -0.4 is 0 Å². The number of hydrogen-bond donors (Lipinski definition) is 0. The molecule has 0 aliphatic carbocycles. The quantitative estimate of drug-likeness (QED) is 0.675. The number of alkyl halides is 2. The van der Waals surface area contributed by atoms with Gasteiger partial charge in [-0.15, -0.1) is 5.10 Å². The molecule has 2 heterocycles. The van der Waals surface area contributed by atoms with Crippen molar-refractivity contribution in [3.8, 4) is 0 Å². The number of amides is 1. The molecule has 1 aliphatic heterocycles. The van der Waals surface area contributed by atoms with Crippen LogP contribution in [0, 0.1) is 0 Å². The summed E-state index contributed by atoms with van der Waals surface area (Å²) in [6.07, 6.45) is 0. The summed E-state index contributed by atoms with van der Waals surface area (Å²) in [7, 11) is 0. The van der Waals surface area contributed by atoms with Gasteiger partial charge in [0.25, 0.3) is 11.8 Å². The highest BCUT2D eigenvalue weighted by Gasteiger charge is 2.46. The van der Waals surface area contributed by atoms with Gasteiger partial charge in [-0.2, -0.15) is 0 Å². The number of carbonyl (C=O) groups excluding carboxylic acids is 1. The van der Waals surface area contributed by atoms with E-state index in [9.17, 15) is 13.6 Å². The summed E-state index contributed by atoms with van der Waals surface area (Å²) in [5.74, 6) is -3.20. The number of hydrogen-bond acceptors (Lipinski definition) is 4. The number of halogens is 2. The smallest absolute Gasteiger partial charge is 0.282 e. The Morgan fingerprint density at radius 3 is 2.77 bits per heavy atom. The molecule has 7 heteroatoms. The largest absolute Gasteiger partial charge is 0.325 e. The molecule has 1 aliphatic rings. The van der Waals surface area contributed by atoms with E-state index >= 15 is 0 Å². The molecular formula is C6H5F2N3OS. The van der Waals surface area contributed by atoms with Crippen LogP contribution in [0.1, 0.15) is 10.5 Å². The molecule has 0 N–H and O–H groups in total. The van der Waals surface area contributed by atoms with Crippen molar-refractivity contribution in [2.45, 2.75) is 5.92 Å². The van der Waals surface area contributed by atoms with E-state index in [-0.39, 0.29) is 5.69 Å². The van der Waals surface area contributed by atoms with Crippen molar-refractivity contribution in [2.24, 2.45) is 0 Å². The van der Waals surface area contributed by atoms with Crippen molar-refractivity contribution >= 4 is 17.4 Å². The Bertz CT molecular complexity index is 319. The predicted octanol–water partition coefficient (Wildman–Crippen LogP) is 0.629. The van der Waals surface area contributed by atoms with Gasteiger partial charge in [-0.25, -0.2) is 8.78 Å². The van der Waals surface area contributed by atoms with Crippen LogP contribution in [-0.2, 0) is 0 Å². The van der Waals surface area contributed by atoms with Gasteiger partial charge >= 0.3 is 0 Å². The number of carbonyl (C=O) groups is 1. The van der Waals surface area contributed by atoms with E-state index in [1.807, 2.05) is 0 Å². The molecule has 4 nitrogen and oxygen atoms in total. The van der Waals surface area contributed by atoms with Crippen LogP contribution in [0.5, 0.6) is 0 Å². The third-order valence-corrected chi connectivity index (χ3v) is 2.22. The molecule has 2 rings (SSSR count). The van der Waals surface area contributed by atoms with E-state index in [1.165, 1.54) is 5.38 Å². The fourth-order valence-corrected chi connectivity index (χ4v) is 1.51. The molecular weight excluding hydrogens is 200 g/mol. The molecule has 1 aromatic heterocycles. The van der Waals surface area contributed by atoms with Crippen molar-refractivity contribution in [1.29, 1.82) is 0 Å². The molecule has 1 amide bonds. The van der Waals surface area contributed by atoms with Crippen LogP contribution in [0.25, 0.3) is 0 Å². The van der Waals surface area contributed by atoms with Crippen LogP contribution in [0.4, 0.5) is 8.78 Å². The average Bonchev–Trinajstić information content (AvgIpc) is 2.50. The van der Waals surface area contributed by atoms with Crippen molar-refractivity contribution in [3.63, 3.8) is 0 Å². The molecule has 0 saturated carbocycles. The van der Waals surface area contributed by atoms with Gasteiger partial charge in [0.05, 0.1) is 13.1 Å². The lowest BCUT2D eigenvalue weighted by atomic mass is 10.1. The maximum Gasteiger partial charge on any atom is 0.282 e. The Morgan fingerprint density at radius 2 is 2.31 bits per heavy atom. The second kappa shape index (κ2) is 2.69. The van der Waals surface area contributed by atoms with Crippen LogP contribution in [0.15, 0.2) is 5.38 Å². The van der Waals surface area contributed by atoms with E-state index in [4.69, 9.17) is 0 Å². The zero-order valence-corrected chi connectivity index (χ0v) is 7.22. The topological polar surface area (TPSA) is 46.1 Å². The summed E-state index contributed by atoms with van der Waals surface area (Å²) in [5.41, 5.74) is 0.139. The number of likely N-dealkylation sites (tertiary alicyclic amines) is 1. The molecule has 1 aromatic rings. The first-order valence-electron chi connectivity index (χ1n) is 3.53. The number of aromatic nitrogens is 2. The lowest BCUT2D eigenvalue weighted by Gasteiger charge is -2.38. The van der Waals surface area contributed by atoms with Crippen LogP contribution in [0.2, 0.25) is 0 Å². The highest BCUT2D eigenvalue weighted by Crippen LogP contribution is 2.27. The minimum Gasteiger partial charge on any atom is -0.325 e. The molecule has 1 saturated heterocycles. The zero-order valence-electron chi connectivity index (χ0n) is 6.41. The Balaban J connectivity index is 2.02. The van der Waals surface area contributed by atoms with Gasteiger partial charge in [0.2, 0.25) is 0 Å². The molecule has 0 radical (unpaired) electrons. The minimum atomic E-state index is -2.72. The van der Waals surface area contributed by atoms with Crippen LogP contribution in [0.3, 0.4) is 0 Å². The maximum absolute atomic E-state index is 12.4. The molecule has 0 unspecified atom stereocenters. The van der Waals surface area contributed by atoms with Gasteiger partial charge in [-0.05, 0) is 11.5 Å². The molecule has 1 fully saturated rings. The predicted molar refractivity (Wildman–Crippen MR) is 40.8 cm³/mol. The summed E-state index contributed by atoms with van der Waals surface area (Å²) < 4.78 is 28.2. The van der Waals surface area contributed by atoms with Gasteiger partial charge < -0.3 is 4.90 Å². The average molecular weight is 205 g/mol. The zero-order chi connectivity index (χ0) is 9.47. The SMILES string of the molecule is O=C(c1csnn1)N1CC(F)(F)C1. The molecule has 0 aromatic carbocycles. The lowest BCUT2D eigenvalue weighted by Crippen LogP contribution is -2.58. The summed E-state index contributed by atoms with van der Waals surface area (Å²) in [5, 5.41) is 4.94. The van der Waals surface area contributed by atoms with Crippen molar-refractivity contribution < 1.29 is 13.6 Å². The van der Waals surface area contributed by atoms with Gasteiger partial charge in [0.15, 0.2) is 5.69 Å². The normalized spacial score (nSPS) is 19.7. The first-order valence-corrected chi connectivity index (χ1v) is 4.36. The molecule has 0 bridgehead atoms. The summed E-state index contributed by atoms with van der Waals surface area (Å²) in [6, 6.07) is 0. The van der Waals surface area contributed by atoms with Crippen LogP contribution >= 0.6 is 11.5 Å². The van der Waals surface area contributed by atoms with Crippen molar-refractivity contribution in [3.05, 3.63) is 11.1 Å². The molecule has 0 atom stereocenters. The molecule has 0 spiro atoms. The molecule has 70 valence electrons. The van der Waals surface area contributed by atoms with Gasteiger partial charge in [0, 0.05) is 5.38 Å². The highest BCUT2D eigenvalue weighted by atomic mass is 32.1. The fraction of sp³-hybridized carbons (Fsp3) is 0.500. The summed E-state index contributed by atoms with van der Waals surface area (Å²) in [4.78, 5) is 12.3. The van der Waals surface area contributed by atoms with Crippen molar-refractivity contribution in [2.75, 3.05) is 13.1 Å². The molecule has 13 heavy (non-hydrogen) atoms. The fourth-order valence-electron chi connectivity index (χ4n) is 1.08. The van der Waals surface area contributed by atoms with Crippen molar-refractivity contribution in [1.82, 2.24) is 14.5 Å².